The molecule has 0 unspecified atom stereocenters. The first kappa shape index (κ1) is 9.77. The van der Waals surface area contributed by atoms with Crippen molar-refractivity contribution in [3.63, 3.8) is 0 Å². The summed E-state index contributed by atoms with van der Waals surface area (Å²) in [5, 5.41) is 0. The third kappa shape index (κ3) is 1.86. The van der Waals surface area contributed by atoms with Crippen molar-refractivity contribution in [3.8, 4) is 11.1 Å². The Bertz CT molecular complexity index is 495. The number of nitrogens with zero attached hydrogens (tertiary/aromatic N) is 1. The summed E-state index contributed by atoms with van der Waals surface area (Å²) in [6, 6.07) is 5.54. The van der Waals surface area contributed by atoms with Crippen LogP contribution in [0.15, 0.2) is 36.7 Å². The van der Waals surface area contributed by atoms with E-state index < -0.39 is 0 Å². The second kappa shape index (κ2) is 3.77. The molecule has 1 aromatic heterocycles. The van der Waals surface area contributed by atoms with Crippen molar-refractivity contribution in [1.82, 2.24) is 4.98 Å². The zero-order chi connectivity index (χ0) is 10.8. The Morgan fingerprint density at radius 1 is 1.07 bits per heavy atom. The molecule has 0 aliphatic carbocycles. The molecular formula is C12H9F2N. The molecule has 0 fully saturated rings. The van der Waals surface area contributed by atoms with Gasteiger partial charge < -0.3 is 0 Å². The fraction of sp³-hybridized carbons (Fsp3) is 0.0833. The molecule has 15 heavy (non-hydrogen) atoms. The number of hydrogen-bond donors (Lipinski definition) is 0. The molecule has 2 aromatic rings. The highest BCUT2D eigenvalue weighted by atomic mass is 19.1. The SMILES string of the molecule is Cc1cc(F)ccc1-c1cnccc1F. The molecule has 1 aromatic carbocycles. The van der Waals surface area contributed by atoms with Crippen LogP contribution in [-0.4, -0.2) is 4.98 Å². The van der Waals surface area contributed by atoms with E-state index in [9.17, 15) is 8.78 Å². The van der Waals surface area contributed by atoms with Gasteiger partial charge in [-0.2, -0.15) is 0 Å². The van der Waals surface area contributed by atoms with Crippen molar-refractivity contribution in [2.75, 3.05) is 0 Å². The predicted octanol–water partition coefficient (Wildman–Crippen LogP) is 3.34. The minimum absolute atomic E-state index is 0.319. The molecule has 0 saturated heterocycles. The molecule has 0 atom stereocenters. The van der Waals surface area contributed by atoms with Crippen LogP contribution in [0.4, 0.5) is 8.78 Å². The van der Waals surface area contributed by atoms with Gasteiger partial charge in [-0.05, 0) is 36.2 Å². The highest BCUT2D eigenvalue weighted by Crippen LogP contribution is 2.25. The molecule has 0 aliphatic rings. The van der Waals surface area contributed by atoms with E-state index in [1.54, 1.807) is 13.0 Å². The van der Waals surface area contributed by atoms with E-state index in [1.807, 2.05) is 0 Å². The molecule has 0 amide bonds. The van der Waals surface area contributed by atoms with Gasteiger partial charge in [0, 0.05) is 18.0 Å². The summed E-state index contributed by atoms with van der Waals surface area (Å²) < 4.78 is 26.3. The van der Waals surface area contributed by atoms with Crippen LogP contribution in [0.2, 0.25) is 0 Å². The lowest BCUT2D eigenvalue weighted by Crippen LogP contribution is -1.89. The van der Waals surface area contributed by atoms with Crippen LogP contribution < -0.4 is 0 Å². The molecule has 0 spiro atoms. The van der Waals surface area contributed by atoms with E-state index in [4.69, 9.17) is 0 Å². The van der Waals surface area contributed by atoms with Gasteiger partial charge in [0.1, 0.15) is 11.6 Å². The fourth-order valence-electron chi connectivity index (χ4n) is 1.50. The smallest absolute Gasteiger partial charge is 0.134 e. The first-order chi connectivity index (χ1) is 7.18. The van der Waals surface area contributed by atoms with E-state index in [-0.39, 0.29) is 11.6 Å². The monoisotopic (exact) mass is 205 g/mol. The summed E-state index contributed by atoms with van der Waals surface area (Å²) in [7, 11) is 0. The Kier molecular flexibility index (Phi) is 2.46. The summed E-state index contributed by atoms with van der Waals surface area (Å²) in [5.41, 5.74) is 1.76. The number of pyridine rings is 1. The van der Waals surface area contributed by atoms with Gasteiger partial charge >= 0.3 is 0 Å². The summed E-state index contributed by atoms with van der Waals surface area (Å²) >= 11 is 0. The lowest BCUT2D eigenvalue weighted by molar-refractivity contribution is 0.623. The predicted molar refractivity (Wildman–Crippen MR) is 54.3 cm³/mol. The van der Waals surface area contributed by atoms with Crippen molar-refractivity contribution >= 4 is 0 Å². The number of halogens is 2. The van der Waals surface area contributed by atoms with Gasteiger partial charge in [-0.25, -0.2) is 8.78 Å². The zero-order valence-electron chi connectivity index (χ0n) is 8.17. The van der Waals surface area contributed by atoms with Crippen molar-refractivity contribution in [1.29, 1.82) is 0 Å². The van der Waals surface area contributed by atoms with E-state index in [0.29, 0.717) is 16.7 Å². The topological polar surface area (TPSA) is 12.9 Å². The summed E-state index contributed by atoms with van der Waals surface area (Å²) in [4.78, 5) is 3.85. The van der Waals surface area contributed by atoms with E-state index in [0.717, 1.165) is 0 Å². The van der Waals surface area contributed by atoms with Crippen LogP contribution in [0.1, 0.15) is 5.56 Å². The molecule has 3 heteroatoms. The second-order valence-corrected chi connectivity index (χ2v) is 3.31. The molecule has 0 bridgehead atoms. The highest BCUT2D eigenvalue weighted by molar-refractivity contribution is 5.66. The zero-order valence-corrected chi connectivity index (χ0v) is 8.17. The third-order valence-electron chi connectivity index (χ3n) is 2.25. The van der Waals surface area contributed by atoms with E-state index in [2.05, 4.69) is 4.98 Å². The van der Waals surface area contributed by atoms with Gasteiger partial charge in [0.2, 0.25) is 0 Å². The van der Waals surface area contributed by atoms with Gasteiger partial charge in [0.15, 0.2) is 0 Å². The molecule has 0 N–H and O–H groups in total. The first-order valence-electron chi connectivity index (χ1n) is 4.54. The first-order valence-corrected chi connectivity index (χ1v) is 4.54. The molecule has 0 aliphatic heterocycles. The summed E-state index contributed by atoms with van der Waals surface area (Å²) in [5.74, 6) is -0.666. The normalized spacial score (nSPS) is 10.3. The number of aromatic nitrogens is 1. The summed E-state index contributed by atoms with van der Waals surface area (Å²) in [6.07, 6.45) is 2.83. The second-order valence-electron chi connectivity index (χ2n) is 3.31. The molecule has 0 radical (unpaired) electrons. The quantitative estimate of drug-likeness (QED) is 0.695. The minimum Gasteiger partial charge on any atom is -0.264 e. The Morgan fingerprint density at radius 3 is 2.53 bits per heavy atom. The molecule has 1 nitrogen and oxygen atoms in total. The van der Waals surface area contributed by atoms with E-state index >= 15 is 0 Å². The van der Waals surface area contributed by atoms with Gasteiger partial charge in [-0.1, -0.05) is 6.07 Å². The largest absolute Gasteiger partial charge is 0.264 e. The Balaban J connectivity index is 2.60. The number of hydrogen-bond acceptors (Lipinski definition) is 1. The fourth-order valence-corrected chi connectivity index (χ4v) is 1.50. The van der Waals surface area contributed by atoms with Crippen molar-refractivity contribution in [2.24, 2.45) is 0 Å². The lowest BCUT2D eigenvalue weighted by atomic mass is 10.0. The average molecular weight is 205 g/mol. The van der Waals surface area contributed by atoms with Crippen LogP contribution >= 0.6 is 0 Å². The van der Waals surface area contributed by atoms with Crippen molar-refractivity contribution < 1.29 is 8.78 Å². The van der Waals surface area contributed by atoms with Crippen LogP contribution in [0, 0.1) is 18.6 Å². The van der Waals surface area contributed by atoms with Gasteiger partial charge in [0.25, 0.3) is 0 Å². The molecule has 1 heterocycles. The summed E-state index contributed by atoms with van der Waals surface area (Å²) in [6.45, 7) is 1.74. The third-order valence-corrected chi connectivity index (χ3v) is 2.25. The van der Waals surface area contributed by atoms with Crippen LogP contribution in [0.5, 0.6) is 0 Å². The Hall–Kier alpha value is -1.77. The van der Waals surface area contributed by atoms with Crippen LogP contribution in [0.3, 0.4) is 0 Å². The average Bonchev–Trinajstić information content (AvgIpc) is 2.20. The number of rotatable bonds is 1. The number of aryl methyl sites for hydroxylation is 1. The molecule has 2 rings (SSSR count). The maximum atomic E-state index is 13.4. The molecular weight excluding hydrogens is 196 g/mol. The maximum Gasteiger partial charge on any atom is 0.134 e. The van der Waals surface area contributed by atoms with Crippen molar-refractivity contribution in [2.45, 2.75) is 6.92 Å². The minimum atomic E-state index is -0.347. The Labute approximate surface area is 86.4 Å². The lowest BCUT2D eigenvalue weighted by Gasteiger charge is -2.06. The van der Waals surface area contributed by atoms with Crippen molar-refractivity contribution in [3.05, 3.63) is 53.9 Å². The standard InChI is InChI=1S/C12H9F2N/c1-8-6-9(13)2-3-10(8)11-7-15-5-4-12(11)14/h2-7H,1H3. The van der Waals surface area contributed by atoms with Crippen LogP contribution in [0.25, 0.3) is 11.1 Å². The van der Waals surface area contributed by atoms with Gasteiger partial charge in [-0.3, -0.25) is 4.98 Å². The molecule has 76 valence electrons. The Morgan fingerprint density at radius 2 is 1.87 bits per heavy atom. The van der Waals surface area contributed by atoms with Gasteiger partial charge in [0.05, 0.1) is 0 Å². The number of benzene rings is 1. The molecule has 0 saturated carbocycles. The van der Waals surface area contributed by atoms with Gasteiger partial charge in [-0.15, -0.1) is 0 Å². The maximum absolute atomic E-state index is 13.4. The van der Waals surface area contributed by atoms with Crippen LogP contribution in [-0.2, 0) is 0 Å². The highest BCUT2D eigenvalue weighted by Gasteiger charge is 2.07. The van der Waals surface area contributed by atoms with E-state index in [1.165, 1.54) is 30.6 Å².